The van der Waals surface area contributed by atoms with Gasteiger partial charge in [0.1, 0.15) is 0 Å². The lowest BCUT2D eigenvalue weighted by molar-refractivity contribution is -0.117. The van der Waals surface area contributed by atoms with Crippen LogP contribution in [0.4, 0.5) is 5.69 Å². The maximum Gasteiger partial charge on any atom is 0.238 e. The molecule has 1 heterocycles. The molecule has 4 nitrogen and oxygen atoms in total. The van der Waals surface area contributed by atoms with E-state index in [-0.39, 0.29) is 5.91 Å². The number of carbonyl (C=O) groups excluding carboxylic acids is 1. The van der Waals surface area contributed by atoms with Crippen LogP contribution in [0.1, 0.15) is 18.9 Å². The van der Waals surface area contributed by atoms with Crippen molar-refractivity contribution >= 4 is 43.5 Å². The fourth-order valence-corrected chi connectivity index (χ4v) is 4.41. The van der Waals surface area contributed by atoms with Crippen LogP contribution in [0.15, 0.2) is 21.1 Å². The molecule has 1 aliphatic rings. The molecular weight excluding hydrogens is 398 g/mol. The smallest absolute Gasteiger partial charge is 0.238 e. The molecule has 2 rings (SSSR count). The highest BCUT2D eigenvalue weighted by Gasteiger charge is 2.29. The van der Waals surface area contributed by atoms with Gasteiger partial charge in [-0.25, -0.2) is 0 Å². The number of carbonyl (C=O) groups is 1. The average Bonchev–Trinajstić information content (AvgIpc) is 2.74. The molecule has 1 saturated heterocycles. The second-order valence-corrected chi connectivity index (χ2v) is 7.48. The SMILES string of the molecule is Cc1cc(Br)c(NC(=O)CN2CC(CN)CC2C)c(Br)c1. The molecule has 21 heavy (non-hydrogen) atoms. The first-order chi connectivity index (χ1) is 9.90. The summed E-state index contributed by atoms with van der Waals surface area (Å²) in [6.07, 6.45) is 1.07. The molecule has 116 valence electrons. The van der Waals surface area contributed by atoms with E-state index in [1.54, 1.807) is 0 Å². The van der Waals surface area contributed by atoms with Crippen molar-refractivity contribution < 1.29 is 4.79 Å². The molecule has 1 aromatic rings. The highest BCUT2D eigenvalue weighted by molar-refractivity contribution is 9.11. The Kier molecular flexibility index (Phi) is 5.82. The normalized spacial score (nSPS) is 22.5. The number of likely N-dealkylation sites (tertiary alicyclic amines) is 1. The number of hydrogen-bond donors (Lipinski definition) is 2. The molecule has 0 aliphatic carbocycles. The van der Waals surface area contributed by atoms with E-state index in [0.717, 1.165) is 33.2 Å². The summed E-state index contributed by atoms with van der Waals surface area (Å²) in [4.78, 5) is 14.5. The lowest BCUT2D eigenvalue weighted by Gasteiger charge is -2.21. The van der Waals surface area contributed by atoms with Gasteiger partial charge in [-0.05, 0) is 82.3 Å². The minimum absolute atomic E-state index is 0.00442. The Morgan fingerprint density at radius 3 is 2.57 bits per heavy atom. The Labute approximate surface area is 142 Å². The molecule has 1 fully saturated rings. The Morgan fingerprint density at radius 1 is 1.43 bits per heavy atom. The third kappa shape index (κ3) is 4.28. The molecule has 0 saturated carbocycles. The van der Waals surface area contributed by atoms with Gasteiger partial charge in [-0.15, -0.1) is 0 Å². The van der Waals surface area contributed by atoms with Crippen LogP contribution in [-0.4, -0.2) is 36.5 Å². The van der Waals surface area contributed by atoms with Crippen LogP contribution in [0.2, 0.25) is 0 Å². The fraction of sp³-hybridized carbons (Fsp3) is 0.533. The maximum absolute atomic E-state index is 12.3. The number of nitrogens with two attached hydrogens (primary N) is 1. The van der Waals surface area contributed by atoms with Crippen molar-refractivity contribution in [3.8, 4) is 0 Å². The van der Waals surface area contributed by atoms with E-state index in [2.05, 4.69) is 49.0 Å². The Morgan fingerprint density at radius 2 is 2.05 bits per heavy atom. The third-order valence-corrected chi connectivity index (χ3v) is 5.17. The summed E-state index contributed by atoms with van der Waals surface area (Å²) < 4.78 is 1.77. The lowest BCUT2D eigenvalue weighted by Crippen LogP contribution is -2.36. The van der Waals surface area contributed by atoms with Gasteiger partial charge in [-0.2, -0.15) is 0 Å². The van der Waals surface area contributed by atoms with E-state index in [4.69, 9.17) is 5.73 Å². The van der Waals surface area contributed by atoms with E-state index in [0.29, 0.717) is 25.0 Å². The molecule has 2 unspecified atom stereocenters. The molecule has 1 amide bonds. The number of amides is 1. The third-order valence-electron chi connectivity index (χ3n) is 3.92. The quantitative estimate of drug-likeness (QED) is 0.789. The first-order valence-electron chi connectivity index (χ1n) is 7.10. The molecule has 3 N–H and O–H groups in total. The Bertz CT molecular complexity index is 513. The number of nitrogens with one attached hydrogen (secondary N) is 1. The topological polar surface area (TPSA) is 58.4 Å². The lowest BCUT2D eigenvalue weighted by atomic mass is 10.1. The summed E-state index contributed by atoms with van der Waals surface area (Å²) in [5, 5.41) is 2.98. The number of hydrogen-bond acceptors (Lipinski definition) is 3. The van der Waals surface area contributed by atoms with Gasteiger partial charge in [0.25, 0.3) is 0 Å². The molecule has 0 radical (unpaired) electrons. The van der Waals surface area contributed by atoms with Crippen molar-refractivity contribution in [3.05, 3.63) is 26.6 Å². The minimum Gasteiger partial charge on any atom is -0.330 e. The van der Waals surface area contributed by atoms with E-state index in [1.165, 1.54) is 0 Å². The number of rotatable bonds is 4. The zero-order chi connectivity index (χ0) is 15.6. The van der Waals surface area contributed by atoms with E-state index >= 15 is 0 Å². The first kappa shape index (κ1) is 16.9. The van der Waals surface area contributed by atoms with Gasteiger partial charge in [0.05, 0.1) is 12.2 Å². The monoisotopic (exact) mass is 417 g/mol. The van der Waals surface area contributed by atoms with Crippen LogP contribution in [0.25, 0.3) is 0 Å². The second-order valence-electron chi connectivity index (χ2n) is 5.77. The number of benzene rings is 1. The van der Waals surface area contributed by atoms with Crippen molar-refractivity contribution in [2.45, 2.75) is 26.3 Å². The first-order valence-corrected chi connectivity index (χ1v) is 8.69. The number of halogens is 2. The molecule has 6 heteroatoms. The van der Waals surface area contributed by atoms with Gasteiger partial charge in [-0.3, -0.25) is 9.69 Å². The largest absolute Gasteiger partial charge is 0.330 e. The second kappa shape index (κ2) is 7.22. The van der Waals surface area contributed by atoms with Gasteiger partial charge in [0, 0.05) is 21.5 Å². The molecule has 2 atom stereocenters. The summed E-state index contributed by atoms with van der Waals surface area (Å²) >= 11 is 6.99. The van der Waals surface area contributed by atoms with E-state index < -0.39 is 0 Å². The average molecular weight is 419 g/mol. The summed E-state index contributed by atoms with van der Waals surface area (Å²) in [6.45, 7) is 6.17. The fourth-order valence-electron chi connectivity index (χ4n) is 2.79. The van der Waals surface area contributed by atoms with E-state index in [1.807, 2.05) is 19.1 Å². The molecule has 1 aliphatic heterocycles. The standard InChI is InChI=1S/C15H21Br2N3O/c1-9-3-12(16)15(13(17)4-9)19-14(21)8-20-7-11(6-18)5-10(20)2/h3-4,10-11H,5-8,18H2,1-2H3,(H,19,21). The minimum atomic E-state index is 0.00442. The predicted molar refractivity (Wildman–Crippen MR) is 93.4 cm³/mol. The van der Waals surface area contributed by atoms with Crippen molar-refractivity contribution in [2.24, 2.45) is 11.7 Å². The number of anilines is 1. The molecular formula is C15H21Br2N3O. The summed E-state index contributed by atoms with van der Waals surface area (Å²) in [6, 6.07) is 4.39. The highest BCUT2D eigenvalue weighted by Crippen LogP contribution is 2.32. The highest BCUT2D eigenvalue weighted by atomic mass is 79.9. The Balaban J connectivity index is 2.00. The van der Waals surface area contributed by atoms with Crippen LogP contribution in [0, 0.1) is 12.8 Å². The van der Waals surface area contributed by atoms with Crippen LogP contribution >= 0.6 is 31.9 Å². The van der Waals surface area contributed by atoms with Crippen molar-refractivity contribution in [1.82, 2.24) is 4.90 Å². The summed E-state index contributed by atoms with van der Waals surface area (Å²) in [5.74, 6) is 0.510. The van der Waals surface area contributed by atoms with Gasteiger partial charge in [0.15, 0.2) is 0 Å². The summed E-state index contributed by atoms with van der Waals surface area (Å²) in [7, 11) is 0. The zero-order valence-corrected chi connectivity index (χ0v) is 15.5. The van der Waals surface area contributed by atoms with Crippen LogP contribution in [0.5, 0.6) is 0 Å². The van der Waals surface area contributed by atoms with Crippen LogP contribution < -0.4 is 11.1 Å². The zero-order valence-electron chi connectivity index (χ0n) is 12.3. The predicted octanol–water partition coefficient (Wildman–Crippen LogP) is 3.13. The van der Waals surface area contributed by atoms with Gasteiger partial charge >= 0.3 is 0 Å². The van der Waals surface area contributed by atoms with Crippen molar-refractivity contribution in [1.29, 1.82) is 0 Å². The van der Waals surface area contributed by atoms with Gasteiger partial charge < -0.3 is 11.1 Å². The number of aryl methyl sites for hydroxylation is 1. The number of nitrogens with zero attached hydrogens (tertiary/aromatic N) is 1. The molecule has 0 spiro atoms. The van der Waals surface area contributed by atoms with Crippen LogP contribution in [-0.2, 0) is 4.79 Å². The molecule has 1 aromatic carbocycles. The van der Waals surface area contributed by atoms with Crippen molar-refractivity contribution in [2.75, 3.05) is 25.0 Å². The van der Waals surface area contributed by atoms with Gasteiger partial charge in [0.2, 0.25) is 5.91 Å². The van der Waals surface area contributed by atoms with E-state index in [9.17, 15) is 4.79 Å². The molecule has 0 aromatic heterocycles. The summed E-state index contributed by atoms with van der Waals surface area (Å²) in [5.41, 5.74) is 7.64. The Hall–Kier alpha value is -0.430. The van der Waals surface area contributed by atoms with Gasteiger partial charge in [-0.1, -0.05) is 0 Å². The van der Waals surface area contributed by atoms with Crippen molar-refractivity contribution in [3.63, 3.8) is 0 Å². The molecule has 0 bridgehead atoms. The maximum atomic E-state index is 12.3. The van der Waals surface area contributed by atoms with Crippen LogP contribution in [0.3, 0.4) is 0 Å².